The SMILES string of the molecule is C[C@H](OC(=O)CNc1ccc(C(F)(F)F)cc1[N+](=O)[O-])C(=O)NCc1ccco1. The maximum Gasteiger partial charge on any atom is 0.416 e. The number of halogens is 3. The topological polar surface area (TPSA) is 124 Å². The lowest BCUT2D eigenvalue weighted by Crippen LogP contribution is -2.36. The first-order valence-corrected chi connectivity index (χ1v) is 8.17. The fourth-order valence-electron chi connectivity index (χ4n) is 2.20. The van der Waals surface area contributed by atoms with Gasteiger partial charge in [0.25, 0.3) is 11.6 Å². The van der Waals surface area contributed by atoms with E-state index in [9.17, 15) is 32.9 Å². The average molecular weight is 415 g/mol. The van der Waals surface area contributed by atoms with Gasteiger partial charge in [-0.15, -0.1) is 0 Å². The molecule has 9 nitrogen and oxygen atoms in total. The number of furan rings is 1. The minimum absolute atomic E-state index is 0.0870. The lowest BCUT2D eigenvalue weighted by Gasteiger charge is -2.14. The molecule has 0 radical (unpaired) electrons. The molecule has 2 aromatic rings. The van der Waals surface area contributed by atoms with Crippen LogP contribution in [0, 0.1) is 10.1 Å². The normalized spacial score (nSPS) is 12.1. The van der Waals surface area contributed by atoms with E-state index < -0.39 is 46.9 Å². The lowest BCUT2D eigenvalue weighted by molar-refractivity contribution is -0.384. The molecule has 0 aliphatic heterocycles. The standard InChI is InChI=1S/C17H16F3N3O6/c1-10(16(25)22-8-12-3-2-6-28-12)29-15(24)9-21-13-5-4-11(17(18,19)20)7-14(13)23(26)27/h2-7,10,21H,8-9H2,1H3,(H,22,25)/t10-/m0/s1. The van der Waals surface area contributed by atoms with Crippen molar-refractivity contribution in [2.45, 2.75) is 25.7 Å². The second-order valence-electron chi connectivity index (χ2n) is 5.77. The van der Waals surface area contributed by atoms with Crippen molar-refractivity contribution < 1.29 is 36.8 Å². The van der Waals surface area contributed by atoms with Crippen molar-refractivity contribution in [3.05, 3.63) is 58.0 Å². The van der Waals surface area contributed by atoms with Gasteiger partial charge in [-0.25, -0.2) is 0 Å². The summed E-state index contributed by atoms with van der Waals surface area (Å²) in [6.45, 7) is 0.807. The highest BCUT2D eigenvalue weighted by molar-refractivity contribution is 5.84. The van der Waals surface area contributed by atoms with Crippen LogP contribution in [0.25, 0.3) is 0 Å². The second-order valence-corrected chi connectivity index (χ2v) is 5.77. The molecule has 1 heterocycles. The molecule has 12 heteroatoms. The summed E-state index contributed by atoms with van der Waals surface area (Å²) in [6, 6.07) is 5.12. The Hall–Kier alpha value is -3.57. The number of benzene rings is 1. The molecule has 0 aliphatic rings. The zero-order valence-corrected chi connectivity index (χ0v) is 15.0. The predicted octanol–water partition coefficient (Wildman–Crippen LogP) is 2.87. The maximum absolute atomic E-state index is 12.7. The summed E-state index contributed by atoms with van der Waals surface area (Å²) in [7, 11) is 0. The van der Waals surface area contributed by atoms with Gasteiger partial charge in [-0.05, 0) is 31.2 Å². The van der Waals surface area contributed by atoms with Crippen LogP contribution in [-0.2, 0) is 27.0 Å². The van der Waals surface area contributed by atoms with Crippen LogP contribution in [0.3, 0.4) is 0 Å². The van der Waals surface area contributed by atoms with Gasteiger partial charge in [0.15, 0.2) is 6.10 Å². The largest absolute Gasteiger partial charge is 0.467 e. The van der Waals surface area contributed by atoms with Crippen LogP contribution in [0.1, 0.15) is 18.2 Å². The molecule has 0 saturated heterocycles. The number of hydrogen-bond donors (Lipinski definition) is 2. The third kappa shape index (κ3) is 6.23. The minimum Gasteiger partial charge on any atom is -0.467 e. The van der Waals surface area contributed by atoms with Gasteiger partial charge in [0.2, 0.25) is 0 Å². The number of esters is 1. The van der Waals surface area contributed by atoms with Gasteiger partial charge < -0.3 is 19.8 Å². The Bertz CT molecular complexity index is 883. The number of alkyl halides is 3. The zero-order valence-electron chi connectivity index (χ0n) is 15.0. The van der Waals surface area contributed by atoms with Crippen molar-refractivity contribution in [1.29, 1.82) is 0 Å². The molecule has 0 unspecified atom stereocenters. The molecule has 1 aromatic heterocycles. The van der Waals surface area contributed by atoms with E-state index in [1.54, 1.807) is 12.1 Å². The monoisotopic (exact) mass is 415 g/mol. The van der Waals surface area contributed by atoms with E-state index in [4.69, 9.17) is 9.15 Å². The lowest BCUT2D eigenvalue weighted by atomic mass is 10.1. The van der Waals surface area contributed by atoms with Crippen molar-refractivity contribution >= 4 is 23.3 Å². The van der Waals surface area contributed by atoms with E-state index in [2.05, 4.69) is 10.6 Å². The van der Waals surface area contributed by atoms with E-state index in [1.807, 2.05) is 0 Å². The van der Waals surface area contributed by atoms with Gasteiger partial charge in [0.1, 0.15) is 18.0 Å². The molecule has 0 aliphatic carbocycles. The first kappa shape index (κ1) is 21.7. The quantitative estimate of drug-likeness (QED) is 0.386. The van der Waals surface area contributed by atoms with Gasteiger partial charge in [-0.3, -0.25) is 19.7 Å². The first-order chi connectivity index (χ1) is 13.6. The van der Waals surface area contributed by atoms with Crippen LogP contribution in [0.15, 0.2) is 41.0 Å². The van der Waals surface area contributed by atoms with Crippen LogP contribution >= 0.6 is 0 Å². The number of carbonyl (C=O) groups excluding carboxylic acids is 2. The number of rotatable bonds is 8. The fraction of sp³-hybridized carbons (Fsp3) is 0.294. The van der Waals surface area contributed by atoms with Crippen LogP contribution in [0.4, 0.5) is 24.5 Å². The summed E-state index contributed by atoms with van der Waals surface area (Å²) in [5.41, 5.74) is -2.34. The average Bonchev–Trinajstić information content (AvgIpc) is 3.16. The van der Waals surface area contributed by atoms with E-state index >= 15 is 0 Å². The minimum atomic E-state index is -4.75. The van der Waals surface area contributed by atoms with Gasteiger partial charge >= 0.3 is 12.1 Å². The number of amides is 1. The summed E-state index contributed by atoms with van der Waals surface area (Å²) < 4.78 is 48.0. The van der Waals surface area contributed by atoms with Crippen molar-refractivity contribution in [2.24, 2.45) is 0 Å². The van der Waals surface area contributed by atoms with Crippen LogP contribution in [0.2, 0.25) is 0 Å². The molecule has 0 spiro atoms. The molecule has 0 saturated carbocycles. The number of nitrogens with one attached hydrogen (secondary N) is 2. The third-order valence-electron chi connectivity index (χ3n) is 3.64. The van der Waals surface area contributed by atoms with E-state index in [-0.39, 0.29) is 12.2 Å². The van der Waals surface area contributed by atoms with Gasteiger partial charge in [0, 0.05) is 6.07 Å². The van der Waals surface area contributed by atoms with Crippen LogP contribution in [-0.4, -0.2) is 29.4 Å². The number of carbonyl (C=O) groups is 2. The fourth-order valence-corrected chi connectivity index (χ4v) is 2.20. The molecular formula is C17H16F3N3O6. The highest BCUT2D eigenvalue weighted by Gasteiger charge is 2.33. The Morgan fingerprint density at radius 2 is 2.03 bits per heavy atom. The number of nitro benzene ring substituents is 1. The smallest absolute Gasteiger partial charge is 0.416 e. The maximum atomic E-state index is 12.7. The zero-order chi connectivity index (χ0) is 21.6. The Balaban J connectivity index is 1.91. The predicted molar refractivity (Wildman–Crippen MR) is 92.7 cm³/mol. The molecule has 1 aromatic carbocycles. The summed E-state index contributed by atoms with van der Waals surface area (Å²) >= 11 is 0. The van der Waals surface area contributed by atoms with Crippen molar-refractivity contribution in [3.63, 3.8) is 0 Å². The van der Waals surface area contributed by atoms with E-state index in [1.165, 1.54) is 13.2 Å². The number of ether oxygens (including phenoxy) is 1. The Morgan fingerprint density at radius 1 is 1.31 bits per heavy atom. The van der Waals surface area contributed by atoms with Gasteiger partial charge in [-0.1, -0.05) is 0 Å². The van der Waals surface area contributed by atoms with Gasteiger partial charge in [0.05, 0.1) is 23.3 Å². The third-order valence-corrected chi connectivity index (χ3v) is 3.64. The van der Waals surface area contributed by atoms with Crippen molar-refractivity contribution in [3.8, 4) is 0 Å². The second kappa shape index (κ2) is 9.08. The van der Waals surface area contributed by atoms with Crippen LogP contribution < -0.4 is 10.6 Å². The van der Waals surface area contributed by atoms with Crippen molar-refractivity contribution in [2.75, 3.05) is 11.9 Å². The number of nitrogens with zero attached hydrogens (tertiary/aromatic N) is 1. The summed E-state index contributed by atoms with van der Waals surface area (Å²) in [6.07, 6.45) is -4.49. The Kier molecular flexibility index (Phi) is 6.80. The molecule has 1 amide bonds. The molecular weight excluding hydrogens is 399 g/mol. The van der Waals surface area contributed by atoms with Crippen LogP contribution in [0.5, 0.6) is 0 Å². The highest BCUT2D eigenvalue weighted by atomic mass is 19.4. The first-order valence-electron chi connectivity index (χ1n) is 8.17. The Morgan fingerprint density at radius 3 is 2.62 bits per heavy atom. The number of hydrogen-bond acceptors (Lipinski definition) is 7. The van der Waals surface area contributed by atoms with Crippen molar-refractivity contribution in [1.82, 2.24) is 5.32 Å². The van der Waals surface area contributed by atoms with Gasteiger partial charge in [-0.2, -0.15) is 13.2 Å². The molecule has 0 fully saturated rings. The molecule has 156 valence electrons. The van der Waals surface area contributed by atoms with E-state index in [0.29, 0.717) is 17.9 Å². The summed E-state index contributed by atoms with van der Waals surface area (Å²) in [5.74, 6) is -1.04. The molecule has 29 heavy (non-hydrogen) atoms. The molecule has 2 N–H and O–H groups in total. The Labute approximate surface area is 162 Å². The summed E-state index contributed by atoms with van der Waals surface area (Å²) in [5, 5.41) is 15.8. The van der Waals surface area contributed by atoms with E-state index in [0.717, 1.165) is 6.07 Å². The molecule has 0 bridgehead atoms. The summed E-state index contributed by atoms with van der Waals surface area (Å²) in [4.78, 5) is 33.7. The highest BCUT2D eigenvalue weighted by Crippen LogP contribution is 2.34. The number of nitro groups is 1. The number of anilines is 1. The molecule has 1 atom stereocenters. The molecule has 2 rings (SSSR count).